The number of carbonyl (C=O) groups is 1. The van der Waals surface area contributed by atoms with Gasteiger partial charge in [-0.15, -0.1) is 0 Å². The van der Waals surface area contributed by atoms with Crippen molar-refractivity contribution in [2.45, 2.75) is 6.92 Å². The minimum absolute atomic E-state index is 0.167. The maximum absolute atomic E-state index is 11.9. The van der Waals surface area contributed by atoms with Crippen LogP contribution in [-0.4, -0.2) is 13.0 Å². The maximum atomic E-state index is 11.9. The molecule has 0 aliphatic carbocycles. The number of ether oxygens (including phenoxy) is 1. The summed E-state index contributed by atoms with van der Waals surface area (Å²) < 4.78 is 5.10. The number of hydrogen-bond acceptors (Lipinski definition) is 3. The molecule has 2 aromatic rings. The highest BCUT2D eigenvalue weighted by Crippen LogP contribution is 2.16. The fourth-order valence-electron chi connectivity index (χ4n) is 1.83. The van der Waals surface area contributed by atoms with Gasteiger partial charge in [0.1, 0.15) is 5.75 Å². The Bertz CT molecular complexity index is 619. The molecule has 21 heavy (non-hydrogen) atoms. The van der Waals surface area contributed by atoms with E-state index in [9.17, 15) is 4.79 Å². The van der Waals surface area contributed by atoms with Crippen molar-refractivity contribution < 1.29 is 9.53 Å². The summed E-state index contributed by atoms with van der Waals surface area (Å²) in [4.78, 5) is 11.9. The number of carbonyl (C=O) groups excluding carboxylic acids is 1. The van der Waals surface area contributed by atoms with E-state index in [0.29, 0.717) is 0 Å². The number of benzene rings is 2. The standard InChI is InChI=1S/C17H18N2O2/c1-13(18-15-8-10-16(21-2)11-9-15)12-17(20)19-14-6-4-3-5-7-14/h3-12,18H,1-2H3,(H,19,20)/b13-12+. The van der Waals surface area contributed by atoms with Crippen LogP contribution in [-0.2, 0) is 4.79 Å². The molecule has 0 aromatic heterocycles. The van der Waals surface area contributed by atoms with Crippen LogP contribution in [0, 0.1) is 0 Å². The van der Waals surface area contributed by atoms with Crippen LogP contribution in [0.2, 0.25) is 0 Å². The third-order valence-electron chi connectivity index (χ3n) is 2.82. The van der Waals surface area contributed by atoms with Crippen molar-refractivity contribution in [3.05, 3.63) is 66.4 Å². The van der Waals surface area contributed by atoms with Gasteiger partial charge in [-0.1, -0.05) is 18.2 Å². The molecule has 0 unspecified atom stereocenters. The second-order valence-electron chi connectivity index (χ2n) is 4.54. The summed E-state index contributed by atoms with van der Waals surface area (Å²) in [5, 5.41) is 5.96. The van der Waals surface area contributed by atoms with E-state index in [4.69, 9.17) is 4.74 Å². The topological polar surface area (TPSA) is 50.4 Å². The lowest BCUT2D eigenvalue weighted by Gasteiger charge is -2.08. The molecule has 0 bridgehead atoms. The van der Waals surface area contributed by atoms with Gasteiger partial charge in [0.15, 0.2) is 0 Å². The summed E-state index contributed by atoms with van der Waals surface area (Å²) in [6, 6.07) is 16.9. The first kappa shape index (κ1) is 14.7. The zero-order valence-corrected chi connectivity index (χ0v) is 12.1. The predicted octanol–water partition coefficient (Wildman–Crippen LogP) is 3.65. The van der Waals surface area contributed by atoms with Crippen LogP contribution in [0.25, 0.3) is 0 Å². The molecule has 4 nitrogen and oxygen atoms in total. The molecule has 2 rings (SSSR count). The summed E-state index contributed by atoms with van der Waals surface area (Å²) in [6.45, 7) is 1.84. The van der Waals surface area contributed by atoms with Crippen molar-refractivity contribution in [1.82, 2.24) is 0 Å². The molecular formula is C17H18N2O2. The Kier molecular flexibility index (Phi) is 4.99. The van der Waals surface area contributed by atoms with Crippen LogP contribution in [0.4, 0.5) is 11.4 Å². The molecule has 0 aliphatic rings. The summed E-state index contributed by atoms with van der Waals surface area (Å²) >= 11 is 0. The molecule has 0 aliphatic heterocycles. The van der Waals surface area contributed by atoms with Crippen LogP contribution in [0.1, 0.15) is 6.92 Å². The summed E-state index contributed by atoms with van der Waals surface area (Å²) in [7, 11) is 1.63. The average Bonchev–Trinajstić information content (AvgIpc) is 2.48. The lowest BCUT2D eigenvalue weighted by atomic mass is 10.3. The van der Waals surface area contributed by atoms with Gasteiger partial charge in [-0.3, -0.25) is 4.79 Å². The van der Waals surface area contributed by atoms with Gasteiger partial charge >= 0.3 is 0 Å². The van der Waals surface area contributed by atoms with E-state index in [1.165, 1.54) is 6.08 Å². The molecule has 2 aromatic carbocycles. The van der Waals surface area contributed by atoms with E-state index in [2.05, 4.69) is 10.6 Å². The van der Waals surface area contributed by atoms with Crippen molar-refractivity contribution in [3.63, 3.8) is 0 Å². The molecule has 0 spiro atoms. The smallest absolute Gasteiger partial charge is 0.250 e. The molecule has 0 atom stereocenters. The van der Waals surface area contributed by atoms with Gasteiger partial charge in [0, 0.05) is 23.1 Å². The van der Waals surface area contributed by atoms with Crippen molar-refractivity contribution in [3.8, 4) is 5.75 Å². The quantitative estimate of drug-likeness (QED) is 0.823. The van der Waals surface area contributed by atoms with Crippen LogP contribution >= 0.6 is 0 Å². The monoisotopic (exact) mass is 282 g/mol. The minimum Gasteiger partial charge on any atom is -0.497 e. The fraction of sp³-hybridized carbons (Fsp3) is 0.118. The van der Waals surface area contributed by atoms with Crippen LogP contribution < -0.4 is 15.4 Å². The normalized spacial score (nSPS) is 10.9. The number of allylic oxidation sites excluding steroid dienone is 1. The van der Waals surface area contributed by atoms with Crippen LogP contribution in [0.5, 0.6) is 5.75 Å². The van der Waals surface area contributed by atoms with Gasteiger partial charge in [-0.05, 0) is 43.3 Å². The van der Waals surface area contributed by atoms with Gasteiger partial charge in [0.25, 0.3) is 0 Å². The lowest BCUT2D eigenvalue weighted by Crippen LogP contribution is -2.10. The van der Waals surface area contributed by atoms with E-state index < -0.39 is 0 Å². The first-order valence-corrected chi connectivity index (χ1v) is 6.63. The SMILES string of the molecule is COc1ccc(N/C(C)=C/C(=O)Nc2ccccc2)cc1. The van der Waals surface area contributed by atoms with Gasteiger partial charge in [-0.25, -0.2) is 0 Å². The highest BCUT2D eigenvalue weighted by atomic mass is 16.5. The Morgan fingerprint density at radius 2 is 1.57 bits per heavy atom. The molecule has 0 fully saturated rings. The number of hydrogen-bond donors (Lipinski definition) is 2. The molecular weight excluding hydrogens is 264 g/mol. The number of para-hydroxylation sites is 1. The third kappa shape index (κ3) is 4.69. The Morgan fingerprint density at radius 3 is 2.19 bits per heavy atom. The molecule has 108 valence electrons. The first-order chi connectivity index (χ1) is 10.2. The largest absolute Gasteiger partial charge is 0.497 e. The van der Waals surface area contributed by atoms with Crippen molar-refractivity contribution in [2.75, 3.05) is 17.7 Å². The van der Waals surface area contributed by atoms with E-state index in [-0.39, 0.29) is 5.91 Å². The number of methoxy groups -OCH3 is 1. The molecule has 1 amide bonds. The van der Waals surface area contributed by atoms with E-state index in [1.54, 1.807) is 7.11 Å². The van der Waals surface area contributed by atoms with Gasteiger partial charge in [0.05, 0.1) is 7.11 Å². The van der Waals surface area contributed by atoms with Gasteiger partial charge in [0.2, 0.25) is 5.91 Å². The zero-order valence-electron chi connectivity index (χ0n) is 12.1. The van der Waals surface area contributed by atoms with E-state index in [1.807, 2.05) is 61.5 Å². The highest BCUT2D eigenvalue weighted by molar-refractivity contribution is 5.99. The molecule has 2 N–H and O–H groups in total. The summed E-state index contributed by atoms with van der Waals surface area (Å²) in [6.07, 6.45) is 1.53. The lowest BCUT2D eigenvalue weighted by molar-refractivity contribution is -0.111. The number of anilines is 2. The van der Waals surface area contributed by atoms with Gasteiger partial charge < -0.3 is 15.4 Å². The third-order valence-corrected chi connectivity index (χ3v) is 2.82. The van der Waals surface area contributed by atoms with E-state index in [0.717, 1.165) is 22.8 Å². The Morgan fingerprint density at radius 1 is 0.952 bits per heavy atom. The molecule has 0 saturated carbocycles. The van der Waals surface area contributed by atoms with Gasteiger partial charge in [-0.2, -0.15) is 0 Å². The van der Waals surface area contributed by atoms with Crippen molar-refractivity contribution in [2.24, 2.45) is 0 Å². The van der Waals surface area contributed by atoms with Crippen molar-refractivity contribution >= 4 is 17.3 Å². The number of nitrogens with one attached hydrogen (secondary N) is 2. The Balaban J connectivity index is 1.95. The summed E-state index contributed by atoms with van der Waals surface area (Å²) in [5.41, 5.74) is 2.43. The number of rotatable bonds is 5. The minimum atomic E-state index is -0.167. The summed E-state index contributed by atoms with van der Waals surface area (Å²) in [5.74, 6) is 0.628. The predicted molar refractivity (Wildman–Crippen MR) is 85.4 cm³/mol. The number of amides is 1. The zero-order chi connectivity index (χ0) is 15.1. The fourth-order valence-corrected chi connectivity index (χ4v) is 1.83. The highest BCUT2D eigenvalue weighted by Gasteiger charge is 2.00. The average molecular weight is 282 g/mol. The molecule has 0 radical (unpaired) electrons. The van der Waals surface area contributed by atoms with Crippen molar-refractivity contribution in [1.29, 1.82) is 0 Å². The Hall–Kier alpha value is -2.75. The Labute approximate surface area is 124 Å². The molecule has 4 heteroatoms. The first-order valence-electron chi connectivity index (χ1n) is 6.63. The second kappa shape index (κ2) is 7.14. The molecule has 0 heterocycles. The van der Waals surface area contributed by atoms with Crippen LogP contribution in [0.3, 0.4) is 0 Å². The van der Waals surface area contributed by atoms with E-state index >= 15 is 0 Å². The maximum Gasteiger partial charge on any atom is 0.250 e. The second-order valence-corrected chi connectivity index (χ2v) is 4.54. The molecule has 0 saturated heterocycles. The van der Waals surface area contributed by atoms with Crippen LogP contribution in [0.15, 0.2) is 66.4 Å².